The summed E-state index contributed by atoms with van der Waals surface area (Å²) in [6.07, 6.45) is 13.9. The van der Waals surface area contributed by atoms with Gasteiger partial charge in [-0.1, -0.05) is 59.8 Å². The molecule has 1 aliphatic heterocycles. The smallest absolute Gasteiger partial charge is 0.289 e. The maximum atomic E-state index is 14.6. The maximum Gasteiger partial charge on any atom is 0.289 e. The Morgan fingerprint density at radius 1 is 0.898 bits per heavy atom. The highest BCUT2D eigenvalue weighted by molar-refractivity contribution is 6.38. The quantitative estimate of drug-likeness (QED) is 0.230. The van der Waals surface area contributed by atoms with E-state index in [-0.39, 0.29) is 35.4 Å². The molecule has 49 heavy (non-hydrogen) atoms. The van der Waals surface area contributed by atoms with E-state index in [0.29, 0.717) is 19.4 Å². The van der Waals surface area contributed by atoms with Crippen LogP contribution >= 0.6 is 0 Å². The Morgan fingerprint density at radius 3 is 2.27 bits per heavy atom. The van der Waals surface area contributed by atoms with E-state index in [4.69, 9.17) is 0 Å². The van der Waals surface area contributed by atoms with Crippen molar-refractivity contribution in [2.45, 2.75) is 135 Å². The molecule has 1 aromatic rings. The molecule has 268 valence electrons. The highest BCUT2D eigenvalue weighted by Crippen LogP contribution is 2.43. The van der Waals surface area contributed by atoms with Gasteiger partial charge in [-0.3, -0.25) is 33.8 Å². The highest BCUT2D eigenvalue weighted by atomic mass is 16.2. The maximum absolute atomic E-state index is 14.6. The van der Waals surface area contributed by atoms with Crippen molar-refractivity contribution in [2.75, 3.05) is 6.54 Å². The Kier molecular flexibility index (Phi) is 11.7. The van der Waals surface area contributed by atoms with Crippen molar-refractivity contribution in [1.82, 2.24) is 36.1 Å². The number of ketones is 1. The number of carbonyl (C=O) groups is 6. The lowest BCUT2D eigenvalue weighted by Gasteiger charge is -2.38. The summed E-state index contributed by atoms with van der Waals surface area (Å²) in [5, 5.41) is 11.5. The van der Waals surface area contributed by atoms with Crippen molar-refractivity contribution in [2.24, 2.45) is 23.2 Å². The SMILES string of the molecule is CCC[C@@H](NC(=O)C1[C@H]2CCC[C@@H]2CN1C(=O)[C@@H](NC(=O)[C@H](NC(=O)c1cnccn1)C1CCCCC1)C(C)(C)C)C(=O)C(=O)NC1CC1. The zero-order chi connectivity index (χ0) is 35.3. The van der Waals surface area contributed by atoms with E-state index in [0.717, 1.165) is 64.2 Å². The fourth-order valence-corrected chi connectivity index (χ4v) is 7.87. The summed E-state index contributed by atoms with van der Waals surface area (Å²) < 4.78 is 0. The number of fused-ring (bicyclic) bond motifs is 1. The lowest BCUT2D eigenvalue weighted by molar-refractivity contribution is -0.146. The zero-order valence-corrected chi connectivity index (χ0v) is 29.3. The molecule has 5 amide bonds. The van der Waals surface area contributed by atoms with Gasteiger partial charge in [-0.25, -0.2) is 4.98 Å². The van der Waals surface area contributed by atoms with Crippen molar-refractivity contribution >= 4 is 35.3 Å². The molecule has 4 N–H and O–H groups in total. The van der Waals surface area contributed by atoms with Crippen molar-refractivity contribution < 1.29 is 28.8 Å². The Balaban J connectivity index is 1.36. The molecule has 13 heteroatoms. The third-order valence-corrected chi connectivity index (χ3v) is 10.7. The van der Waals surface area contributed by atoms with E-state index in [1.54, 1.807) is 4.90 Å². The van der Waals surface area contributed by atoms with Crippen LogP contribution in [-0.2, 0) is 24.0 Å². The molecule has 1 aromatic heterocycles. The molecule has 0 aromatic carbocycles. The van der Waals surface area contributed by atoms with Gasteiger partial charge in [0.05, 0.1) is 12.2 Å². The minimum Gasteiger partial charge on any atom is -0.347 e. The Morgan fingerprint density at radius 2 is 1.63 bits per heavy atom. The van der Waals surface area contributed by atoms with Crippen molar-refractivity contribution in [3.05, 3.63) is 24.3 Å². The molecule has 0 spiro atoms. The lowest BCUT2D eigenvalue weighted by atomic mass is 9.82. The van der Waals surface area contributed by atoms with Gasteiger partial charge in [0.15, 0.2) is 0 Å². The van der Waals surface area contributed by atoms with Crippen LogP contribution in [0.1, 0.15) is 115 Å². The topological polar surface area (TPSA) is 180 Å². The number of nitrogens with one attached hydrogen (secondary N) is 4. The average molecular weight is 680 g/mol. The van der Waals surface area contributed by atoms with E-state index < -0.39 is 59.0 Å². The molecule has 6 atom stereocenters. The number of nitrogens with zero attached hydrogens (tertiary/aromatic N) is 3. The summed E-state index contributed by atoms with van der Waals surface area (Å²) in [5.41, 5.74) is -0.638. The number of carbonyl (C=O) groups excluding carboxylic acids is 6. The standard InChI is InChI=1S/C36H53N7O6/c1-5-10-25(29(44)34(48)39-23-15-16-23)40-33(47)28-24-14-9-13-22(24)20-43(28)35(49)30(36(2,3)4)42-32(46)27(21-11-7-6-8-12-21)41-31(45)26-19-37-17-18-38-26/h17-19,21-25,27-28,30H,5-16,20H2,1-4H3,(H,39,48)(H,40,47)(H,41,45)(H,42,46)/t22-,24+,25-,27-,28?,30-/m1/s1. The Bertz CT molecular complexity index is 1390. The first-order valence-electron chi connectivity index (χ1n) is 18.2. The monoisotopic (exact) mass is 679 g/mol. The van der Waals surface area contributed by atoms with Crippen LogP contribution < -0.4 is 21.3 Å². The van der Waals surface area contributed by atoms with E-state index in [9.17, 15) is 28.8 Å². The number of hydrogen-bond donors (Lipinski definition) is 4. The van der Waals surface area contributed by atoms with Gasteiger partial charge in [0.25, 0.3) is 11.8 Å². The second-order valence-corrected chi connectivity index (χ2v) is 15.5. The van der Waals surface area contributed by atoms with Gasteiger partial charge in [0, 0.05) is 25.0 Å². The Labute approximate surface area is 288 Å². The Hall–Kier alpha value is -3.90. The summed E-state index contributed by atoms with van der Waals surface area (Å²) in [6.45, 7) is 7.85. The lowest BCUT2D eigenvalue weighted by Crippen LogP contribution is -2.62. The van der Waals surface area contributed by atoms with Crippen LogP contribution in [0.5, 0.6) is 0 Å². The number of likely N-dealkylation sites (tertiary alicyclic amines) is 1. The summed E-state index contributed by atoms with van der Waals surface area (Å²) in [4.78, 5) is 91.4. The highest BCUT2D eigenvalue weighted by Gasteiger charge is 2.52. The fourth-order valence-electron chi connectivity index (χ4n) is 7.87. The summed E-state index contributed by atoms with van der Waals surface area (Å²) >= 11 is 0. The van der Waals surface area contributed by atoms with E-state index >= 15 is 0 Å². The molecular formula is C36H53N7O6. The van der Waals surface area contributed by atoms with Crippen molar-refractivity contribution in [3.8, 4) is 0 Å². The van der Waals surface area contributed by atoms with Gasteiger partial charge < -0.3 is 26.2 Å². The molecule has 4 fully saturated rings. The molecule has 13 nitrogen and oxygen atoms in total. The summed E-state index contributed by atoms with van der Waals surface area (Å²) in [6, 6.07) is -3.68. The average Bonchev–Trinajstić information content (AvgIpc) is 3.65. The molecule has 0 bridgehead atoms. The first-order valence-corrected chi connectivity index (χ1v) is 18.2. The predicted octanol–water partition coefficient (Wildman–Crippen LogP) is 2.45. The largest absolute Gasteiger partial charge is 0.347 e. The molecular weight excluding hydrogens is 626 g/mol. The summed E-state index contributed by atoms with van der Waals surface area (Å²) in [7, 11) is 0. The fraction of sp³-hybridized carbons (Fsp3) is 0.722. The molecule has 5 rings (SSSR count). The van der Waals surface area contributed by atoms with E-state index in [1.165, 1.54) is 18.6 Å². The summed E-state index contributed by atoms with van der Waals surface area (Å²) in [5.74, 6) is -3.20. The van der Waals surface area contributed by atoms with Crippen LogP contribution in [0.3, 0.4) is 0 Å². The van der Waals surface area contributed by atoms with Gasteiger partial charge in [0.1, 0.15) is 23.8 Å². The van der Waals surface area contributed by atoms with Crippen LogP contribution in [0.25, 0.3) is 0 Å². The van der Waals surface area contributed by atoms with Crippen LogP contribution in [0.4, 0.5) is 0 Å². The normalized spacial score (nSPS) is 24.2. The van der Waals surface area contributed by atoms with Crippen LogP contribution in [0.2, 0.25) is 0 Å². The van der Waals surface area contributed by atoms with Crippen molar-refractivity contribution in [1.29, 1.82) is 0 Å². The first-order chi connectivity index (χ1) is 23.4. The van der Waals surface area contributed by atoms with Crippen LogP contribution in [0, 0.1) is 23.2 Å². The molecule has 3 saturated carbocycles. The minimum atomic E-state index is -0.994. The van der Waals surface area contributed by atoms with Crippen molar-refractivity contribution in [3.63, 3.8) is 0 Å². The van der Waals surface area contributed by atoms with Gasteiger partial charge in [0.2, 0.25) is 23.5 Å². The van der Waals surface area contributed by atoms with Gasteiger partial charge >= 0.3 is 0 Å². The second-order valence-electron chi connectivity index (χ2n) is 15.5. The third kappa shape index (κ3) is 8.83. The second kappa shape index (κ2) is 15.8. The number of hydrogen-bond acceptors (Lipinski definition) is 8. The molecule has 1 unspecified atom stereocenters. The first kappa shape index (κ1) is 36.4. The van der Waals surface area contributed by atoms with E-state index in [2.05, 4.69) is 31.2 Å². The van der Waals surface area contributed by atoms with Gasteiger partial charge in [-0.15, -0.1) is 0 Å². The molecule has 0 radical (unpaired) electrons. The number of aromatic nitrogens is 2. The molecule has 1 saturated heterocycles. The third-order valence-electron chi connectivity index (χ3n) is 10.7. The minimum absolute atomic E-state index is 0.0132. The van der Waals surface area contributed by atoms with E-state index in [1.807, 2.05) is 27.7 Å². The molecule has 3 aliphatic carbocycles. The number of Topliss-reactive ketones (excluding diaryl/α,β-unsaturated/α-hetero) is 1. The zero-order valence-electron chi connectivity index (χ0n) is 29.3. The van der Waals surface area contributed by atoms with Gasteiger partial charge in [-0.05, 0) is 68.1 Å². The molecule has 2 heterocycles. The van der Waals surface area contributed by atoms with Gasteiger partial charge in [-0.2, -0.15) is 0 Å². The molecule has 4 aliphatic rings. The van der Waals surface area contributed by atoms with Crippen LogP contribution in [0.15, 0.2) is 18.6 Å². The predicted molar refractivity (Wildman–Crippen MR) is 181 cm³/mol. The number of amides is 5. The van der Waals surface area contributed by atoms with Crippen LogP contribution in [-0.4, -0.2) is 86.9 Å². The number of rotatable bonds is 13.